The van der Waals surface area contributed by atoms with E-state index in [0.29, 0.717) is 0 Å². The van der Waals surface area contributed by atoms with Gasteiger partial charge in [0.15, 0.2) is 0 Å². The second kappa shape index (κ2) is 8.25. The Morgan fingerprint density at radius 2 is 1.54 bits per heavy atom. The third-order valence-electron chi connectivity index (χ3n) is 9.16. The molecule has 0 amide bonds. The summed E-state index contributed by atoms with van der Waals surface area (Å²) in [5.41, 5.74) is 9.82. The average molecular weight is 546 g/mol. The molecular formula is C37H27N3S. The molecule has 196 valence electrons. The molecule has 0 N–H and O–H groups in total. The first-order valence-electron chi connectivity index (χ1n) is 14.3. The number of anilines is 2. The number of hydrogen-bond donors (Lipinski definition) is 0. The van der Waals surface area contributed by atoms with Gasteiger partial charge in [0, 0.05) is 38.1 Å². The summed E-state index contributed by atoms with van der Waals surface area (Å²) < 4.78 is 1.34. The van der Waals surface area contributed by atoms with E-state index in [0.717, 1.165) is 28.1 Å². The van der Waals surface area contributed by atoms with Crippen molar-refractivity contribution in [1.82, 2.24) is 9.97 Å². The van der Waals surface area contributed by atoms with Crippen LogP contribution in [0.5, 0.6) is 0 Å². The van der Waals surface area contributed by atoms with Crippen molar-refractivity contribution in [3.63, 3.8) is 0 Å². The zero-order valence-electron chi connectivity index (χ0n) is 22.9. The number of para-hydroxylation sites is 1. The number of aromatic nitrogens is 2. The molecule has 0 bridgehead atoms. The van der Waals surface area contributed by atoms with Gasteiger partial charge in [-0.25, -0.2) is 9.97 Å². The molecule has 3 aliphatic rings. The van der Waals surface area contributed by atoms with Crippen molar-refractivity contribution < 1.29 is 0 Å². The number of fused-ring (bicyclic) bond motifs is 10. The van der Waals surface area contributed by atoms with Crippen LogP contribution in [0.1, 0.15) is 35.8 Å². The Kier molecular flexibility index (Phi) is 4.66. The zero-order chi connectivity index (χ0) is 27.3. The highest BCUT2D eigenvalue weighted by atomic mass is 32.1. The Bertz CT molecular complexity index is 2100. The average Bonchev–Trinajstić information content (AvgIpc) is 3.64. The highest BCUT2D eigenvalue weighted by Crippen LogP contribution is 2.59. The van der Waals surface area contributed by atoms with E-state index >= 15 is 0 Å². The maximum absolute atomic E-state index is 5.34. The third kappa shape index (κ3) is 3.08. The van der Waals surface area contributed by atoms with Gasteiger partial charge in [0.05, 0.1) is 27.6 Å². The lowest BCUT2D eigenvalue weighted by Crippen LogP contribution is -2.30. The number of allylic oxidation sites excluding steroid dienone is 2. The lowest BCUT2D eigenvalue weighted by molar-refractivity contribution is 0.674. The lowest BCUT2D eigenvalue weighted by atomic mass is 9.87. The molecule has 0 fully saturated rings. The summed E-state index contributed by atoms with van der Waals surface area (Å²) in [5.74, 6) is 1.02. The fourth-order valence-corrected chi connectivity index (χ4v) is 8.74. The van der Waals surface area contributed by atoms with E-state index in [9.17, 15) is 0 Å². The van der Waals surface area contributed by atoms with E-state index in [1.54, 1.807) is 0 Å². The van der Waals surface area contributed by atoms with Crippen LogP contribution in [-0.2, 0) is 5.41 Å². The molecular weight excluding hydrogens is 518 g/mol. The molecule has 0 saturated carbocycles. The topological polar surface area (TPSA) is 29.0 Å². The van der Waals surface area contributed by atoms with Crippen molar-refractivity contribution >= 4 is 44.0 Å². The van der Waals surface area contributed by atoms with Crippen molar-refractivity contribution in [2.45, 2.75) is 31.2 Å². The SMILES string of the molecule is CC1(C)c2ccccc2-c2c1sc1c3c(ccc21)C1C=CC=CC1N3c1nc(-c2ccccc2)c2ccccc2n1. The molecule has 0 radical (unpaired) electrons. The minimum atomic E-state index is -0.0293. The number of rotatable bonds is 2. The van der Waals surface area contributed by atoms with Gasteiger partial charge in [-0.05, 0) is 22.8 Å². The van der Waals surface area contributed by atoms with Gasteiger partial charge in [0.25, 0.3) is 0 Å². The first kappa shape index (κ1) is 23.2. The van der Waals surface area contributed by atoms with E-state index in [1.807, 2.05) is 11.3 Å². The fourth-order valence-electron chi connectivity index (χ4n) is 7.26. The Morgan fingerprint density at radius 3 is 2.44 bits per heavy atom. The summed E-state index contributed by atoms with van der Waals surface area (Å²) in [7, 11) is 0. The van der Waals surface area contributed by atoms with E-state index in [4.69, 9.17) is 9.97 Å². The minimum Gasteiger partial charge on any atom is -0.301 e. The second-order valence-electron chi connectivity index (χ2n) is 11.8. The smallest absolute Gasteiger partial charge is 0.231 e. The van der Waals surface area contributed by atoms with Gasteiger partial charge >= 0.3 is 0 Å². The first-order valence-corrected chi connectivity index (χ1v) is 15.1. The molecule has 3 heterocycles. The van der Waals surface area contributed by atoms with Crippen molar-refractivity contribution in [3.05, 3.63) is 131 Å². The molecule has 2 aromatic heterocycles. The van der Waals surface area contributed by atoms with Crippen molar-refractivity contribution in [2.24, 2.45) is 0 Å². The Labute approximate surface area is 243 Å². The second-order valence-corrected chi connectivity index (χ2v) is 12.8. The number of nitrogens with zero attached hydrogens (tertiary/aromatic N) is 3. The van der Waals surface area contributed by atoms with Crippen LogP contribution in [0.4, 0.5) is 11.6 Å². The van der Waals surface area contributed by atoms with E-state index in [1.165, 1.54) is 42.9 Å². The number of hydrogen-bond acceptors (Lipinski definition) is 4. The van der Waals surface area contributed by atoms with Crippen molar-refractivity contribution in [3.8, 4) is 22.4 Å². The Balaban J connectivity index is 1.34. The normalized spacial score (nSPS) is 19.4. The summed E-state index contributed by atoms with van der Waals surface area (Å²) in [6.45, 7) is 4.74. The Morgan fingerprint density at radius 1 is 0.756 bits per heavy atom. The minimum absolute atomic E-state index is 0.0293. The summed E-state index contributed by atoms with van der Waals surface area (Å²) >= 11 is 1.96. The van der Waals surface area contributed by atoms with Gasteiger partial charge in [0.2, 0.25) is 5.95 Å². The summed E-state index contributed by atoms with van der Waals surface area (Å²) in [6.07, 6.45) is 9.01. The monoisotopic (exact) mass is 545 g/mol. The quantitative estimate of drug-likeness (QED) is 0.217. The molecule has 0 spiro atoms. The molecule has 3 nitrogen and oxygen atoms in total. The van der Waals surface area contributed by atoms with Crippen LogP contribution in [0, 0.1) is 0 Å². The Hall–Kier alpha value is -4.54. The molecule has 2 atom stereocenters. The van der Waals surface area contributed by atoms with Gasteiger partial charge in [-0.1, -0.05) is 123 Å². The van der Waals surface area contributed by atoms with Gasteiger partial charge in [-0.15, -0.1) is 11.3 Å². The van der Waals surface area contributed by atoms with Crippen LogP contribution in [-0.4, -0.2) is 16.0 Å². The summed E-state index contributed by atoms with van der Waals surface area (Å²) in [4.78, 5) is 14.4. The molecule has 1 aliphatic heterocycles. The van der Waals surface area contributed by atoms with Crippen LogP contribution in [0.15, 0.2) is 115 Å². The highest BCUT2D eigenvalue weighted by molar-refractivity contribution is 7.20. The molecule has 6 aromatic rings. The number of benzene rings is 4. The number of thiophene rings is 1. The largest absolute Gasteiger partial charge is 0.301 e. The third-order valence-corrected chi connectivity index (χ3v) is 10.7. The molecule has 9 rings (SSSR count). The highest BCUT2D eigenvalue weighted by Gasteiger charge is 2.44. The predicted molar refractivity (Wildman–Crippen MR) is 171 cm³/mol. The van der Waals surface area contributed by atoms with E-state index in [-0.39, 0.29) is 17.4 Å². The zero-order valence-corrected chi connectivity index (χ0v) is 23.7. The van der Waals surface area contributed by atoms with Crippen LogP contribution < -0.4 is 4.90 Å². The summed E-state index contributed by atoms with van der Waals surface area (Å²) in [5, 5.41) is 2.41. The van der Waals surface area contributed by atoms with Crippen LogP contribution in [0.25, 0.3) is 43.4 Å². The molecule has 41 heavy (non-hydrogen) atoms. The van der Waals surface area contributed by atoms with Gasteiger partial charge < -0.3 is 4.90 Å². The molecule has 2 unspecified atom stereocenters. The molecule has 0 saturated heterocycles. The van der Waals surface area contributed by atoms with Gasteiger partial charge in [-0.2, -0.15) is 0 Å². The molecule has 4 heteroatoms. The maximum Gasteiger partial charge on any atom is 0.231 e. The van der Waals surface area contributed by atoms with Gasteiger partial charge in [-0.3, -0.25) is 0 Å². The van der Waals surface area contributed by atoms with Gasteiger partial charge in [0.1, 0.15) is 0 Å². The standard InChI is InChI=1S/C37H27N3S/c1-37(2)28-17-9-6-15-25(28)31-27-21-20-24-23-14-8-11-19-30(23)40(33(24)34(27)41-35(31)37)36-38-29-18-10-7-16-26(29)32(39-36)22-12-4-3-5-13-22/h3-21,23,30H,1-2H3. The van der Waals surface area contributed by atoms with E-state index in [2.05, 4.69) is 134 Å². The van der Waals surface area contributed by atoms with Crippen molar-refractivity contribution in [2.75, 3.05) is 4.90 Å². The van der Waals surface area contributed by atoms with E-state index < -0.39 is 0 Å². The van der Waals surface area contributed by atoms with Crippen LogP contribution in [0.2, 0.25) is 0 Å². The molecule has 4 aromatic carbocycles. The predicted octanol–water partition coefficient (Wildman–Crippen LogP) is 9.55. The maximum atomic E-state index is 5.34. The fraction of sp³-hybridized carbons (Fsp3) is 0.135. The summed E-state index contributed by atoms with van der Waals surface area (Å²) in [6, 6.07) is 32.7. The molecule has 2 aliphatic carbocycles. The lowest BCUT2D eigenvalue weighted by Gasteiger charge is -2.27. The van der Waals surface area contributed by atoms with Crippen molar-refractivity contribution in [1.29, 1.82) is 0 Å². The van der Waals surface area contributed by atoms with Crippen LogP contribution >= 0.6 is 11.3 Å². The first-order chi connectivity index (χ1) is 20.1. The van der Waals surface area contributed by atoms with Crippen LogP contribution in [0.3, 0.4) is 0 Å².